The molecule has 0 radical (unpaired) electrons. The largest absolute Gasteiger partial charge is 0.416 e. The molecule has 6 nitrogen and oxygen atoms in total. The first-order valence-corrected chi connectivity index (χ1v) is 8.62. The highest BCUT2D eigenvalue weighted by Gasteiger charge is 2.30. The number of halogens is 4. The Morgan fingerprint density at radius 3 is 2.50 bits per heavy atom. The van der Waals surface area contributed by atoms with Gasteiger partial charge in [0.15, 0.2) is 5.82 Å². The smallest absolute Gasteiger partial charge is 0.345 e. The third-order valence-corrected chi connectivity index (χ3v) is 4.22. The van der Waals surface area contributed by atoms with E-state index in [9.17, 15) is 18.0 Å². The second-order valence-electron chi connectivity index (χ2n) is 6.10. The normalized spacial score (nSPS) is 12.6. The number of amides is 1. The fourth-order valence-corrected chi connectivity index (χ4v) is 2.88. The third-order valence-electron chi connectivity index (χ3n) is 3.98. The van der Waals surface area contributed by atoms with E-state index < -0.39 is 17.8 Å². The first-order chi connectivity index (χ1) is 13.3. The molecule has 3 aromatic rings. The van der Waals surface area contributed by atoms with E-state index in [-0.39, 0.29) is 24.6 Å². The highest BCUT2D eigenvalue weighted by atomic mass is 35.5. The van der Waals surface area contributed by atoms with Crippen molar-refractivity contribution in [3.63, 3.8) is 0 Å². The number of carbonyl (C=O) groups excluding carboxylic acids is 1. The van der Waals surface area contributed by atoms with Gasteiger partial charge in [0.2, 0.25) is 5.91 Å². The fraction of sp³-hybridized carbons (Fsp3) is 0.222. The van der Waals surface area contributed by atoms with Gasteiger partial charge in [0.1, 0.15) is 0 Å². The lowest BCUT2D eigenvalue weighted by molar-refractivity contribution is -0.137. The van der Waals surface area contributed by atoms with Crippen LogP contribution in [0, 0.1) is 0 Å². The van der Waals surface area contributed by atoms with Gasteiger partial charge in [-0.1, -0.05) is 41.1 Å². The summed E-state index contributed by atoms with van der Waals surface area (Å²) in [4.78, 5) is 12.4. The first kappa shape index (κ1) is 19.8. The Balaban J connectivity index is 1.72. The fourth-order valence-electron chi connectivity index (χ4n) is 2.67. The minimum atomic E-state index is -4.41. The van der Waals surface area contributed by atoms with E-state index in [1.807, 2.05) is 0 Å². The standard InChI is InChI=1S/C18H15ClF3N5O/c19-14-3-1-2-12(8-14)10-16(28)23-15(17-24-26-27-25-17)9-11-4-6-13(7-5-11)18(20,21)22/h1-8,15H,9-10H2,(H,23,28)(H,24,25,26,27). The molecule has 3 rings (SSSR count). The van der Waals surface area contributed by atoms with E-state index in [1.165, 1.54) is 12.1 Å². The van der Waals surface area contributed by atoms with E-state index in [4.69, 9.17) is 11.6 Å². The van der Waals surface area contributed by atoms with Crippen molar-refractivity contribution in [2.45, 2.75) is 25.1 Å². The molecule has 0 aliphatic heterocycles. The Morgan fingerprint density at radius 2 is 1.89 bits per heavy atom. The van der Waals surface area contributed by atoms with Crippen molar-refractivity contribution in [3.8, 4) is 0 Å². The van der Waals surface area contributed by atoms with Crippen LogP contribution < -0.4 is 5.32 Å². The summed E-state index contributed by atoms with van der Waals surface area (Å²) in [5.74, 6) is -0.0664. The number of tetrazole rings is 1. The van der Waals surface area contributed by atoms with E-state index in [1.54, 1.807) is 24.3 Å². The lowest BCUT2D eigenvalue weighted by Crippen LogP contribution is -2.32. The molecular weight excluding hydrogens is 395 g/mol. The predicted octanol–water partition coefficient (Wildman–Crippen LogP) is 3.51. The number of hydrogen-bond acceptors (Lipinski definition) is 4. The number of nitrogens with zero attached hydrogens (tertiary/aromatic N) is 3. The number of nitrogens with one attached hydrogen (secondary N) is 2. The summed E-state index contributed by atoms with van der Waals surface area (Å²) in [5.41, 5.74) is 0.578. The quantitative estimate of drug-likeness (QED) is 0.652. The summed E-state index contributed by atoms with van der Waals surface area (Å²) < 4.78 is 38.1. The van der Waals surface area contributed by atoms with Gasteiger partial charge in [0, 0.05) is 11.4 Å². The van der Waals surface area contributed by atoms with Crippen molar-refractivity contribution in [2.24, 2.45) is 0 Å². The van der Waals surface area contributed by atoms with Crippen molar-refractivity contribution in [1.29, 1.82) is 0 Å². The molecular formula is C18H15ClF3N5O. The molecule has 2 aromatic carbocycles. The van der Waals surface area contributed by atoms with E-state index in [0.717, 1.165) is 17.7 Å². The number of alkyl halides is 3. The van der Waals surface area contributed by atoms with Gasteiger partial charge in [0.05, 0.1) is 18.0 Å². The van der Waals surface area contributed by atoms with Crippen molar-refractivity contribution in [1.82, 2.24) is 25.9 Å². The molecule has 2 N–H and O–H groups in total. The van der Waals surface area contributed by atoms with Crippen LogP contribution in [0.25, 0.3) is 0 Å². The maximum Gasteiger partial charge on any atom is 0.416 e. The van der Waals surface area contributed by atoms with Crippen LogP contribution >= 0.6 is 11.6 Å². The number of hydrogen-bond donors (Lipinski definition) is 2. The molecule has 146 valence electrons. The second kappa shape index (κ2) is 8.39. The minimum Gasteiger partial charge on any atom is -0.345 e. The summed E-state index contributed by atoms with van der Waals surface area (Å²) in [6, 6.07) is 11.0. The number of carbonyl (C=O) groups is 1. The number of benzene rings is 2. The van der Waals surface area contributed by atoms with Gasteiger partial charge in [0.25, 0.3) is 0 Å². The number of aromatic amines is 1. The molecule has 28 heavy (non-hydrogen) atoms. The first-order valence-electron chi connectivity index (χ1n) is 8.24. The Labute approximate surface area is 163 Å². The second-order valence-corrected chi connectivity index (χ2v) is 6.53. The van der Waals surface area contributed by atoms with Crippen LogP contribution in [0.4, 0.5) is 13.2 Å². The highest BCUT2D eigenvalue weighted by molar-refractivity contribution is 6.30. The molecule has 1 heterocycles. The molecule has 1 unspecified atom stereocenters. The summed E-state index contributed by atoms with van der Waals surface area (Å²) >= 11 is 5.92. The summed E-state index contributed by atoms with van der Waals surface area (Å²) in [5, 5.41) is 16.9. The van der Waals surface area contributed by atoms with Crippen molar-refractivity contribution in [2.75, 3.05) is 0 Å². The van der Waals surface area contributed by atoms with E-state index in [0.29, 0.717) is 10.6 Å². The summed E-state index contributed by atoms with van der Waals surface area (Å²) in [6.45, 7) is 0. The molecule has 0 saturated carbocycles. The highest BCUT2D eigenvalue weighted by Crippen LogP contribution is 2.29. The molecule has 0 fully saturated rings. The van der Waals surface area contributed by atoms with Gasteiger partial charge in [-0.15, -0.1) is 10.2 Å². The van der Waals surface area contributed by atoms with Crippen LogP contribution in [0.1, 0.15) is 28.6 Å². The average Bonchev–Trinajstić information content (AvgIpc) is 3.15. The van der Waals surface area contributed by atoms with Crippen molar-refractivity contribution >= 4 is 17.5 Å². The Morgan fingerprint density at radius 1 is 1.14 bits per heavy atom. The average molecular weight is 410 g/mol. The third kappa shape index (κ3) is 5.29. The Hall–Kier alpha value is -2.94. The maximum absolute atomic E-state index is 12.7. The summed E-state index contributed by atoms with van der Waals surface area (Å²) in [6.07, 6.45) is -4.11. The lowest BCUT2D eigenvalue weighted by Gasteiger charge is -2.16. The lowest BCUT2D eigenvalue weighted by atomic mass is 10.0. The Bertz CT molecular complexity index is 929. The Kier molecular flexibility index (Phi) is 5.93. The van der Waals surface area contributed by atoms with Crippen molar-refractivity contribution < 1.29 is 18.0 Å². The zero-order chi connectivity index (χ0) is 20.1. The van der Waals surface area contributed by atoms with E-state index >= 15 is 0 Å². The molecule has 1 atom stereocenters. The van der Waals surface area contributed by atoms with Gasteiger partial charge in [-0.25, -0.2) is 0 Å². The van der Waals surface area contributed by atoms with E-state index in [2.05, 4.69) is 25.9 Å². The van der Waals surface area contributed by atoms with Gasteiger partial charge in [-0.05, 0) is 35.4 Å². The number of rotatable bonds is 6. The van der Waals surface area contributed by atoms with Crippen LogP contribution in [-0.4, -0.2) is 26.5 Å². The molecule has 0 saturated heterocycles. The topological polar surface area (TPSA) is 83.6 Å². The number of aromatic nitrogens is 4. The molecule has 0 bridgehead atoms. The SMILES string of the molecule is O=C(Cc1cccc(Cl)c1)NC(Cc1ccc(C(F)(F)F)cc1)c1nn[nH]n1. The maximum atomic E-state index is 12.7. The van der Waals surface area contributed by atoms with Crippen LogP contribution in [0.15, 0.2) is 48.5 Å². The molecule has 0 spiro atoms. The van der Waals surface area contributed by atoms with Gasteiger partial charge in [-0.3, -0.25) is 4.79 Å². The molecule has 0 aliphatic carbocycles. The molecule has 10 heteroatoms. The van der Waals surface area contributed by atoms with Crippen LogP contribution in [0.2, 0.25) is 5.02 Å². The van der Waals surface area contributed by atoms with Crippen molar-refractivity contribution in [3.05, 3.63) is 76.1 Å². The predicted molar refractivity (Wildman–Crippen MR) is 95.4 cm³/mol. The van der Waals surface area contributed by atoms with Gasteiger partial charge >= 0.3 is 6.18 Å². The van der Waals surface area contributed by atoms with Crippen LogP contribution in [-0.2, 0) is 23.8 Å². The summed E-state index contributed by atoms with van der Waals surface area (Å²) in [7, 11) is 0. The van der Waals surface area contributed by atoms with Crippen LogP contribution in [0.3, 0.4) is 0 Å². The van der Waals surface area contributed by atoms with Crippen LogP contribution in [0.5, 0.6) is 0 Å². The van der Waals surface area contributed by atoms with Gasteiger partial charge in [-0.2, -0.15) is 18.4 Å². The zero-order valence-electron chi connectivity index (χ0n) is 14.4. The molecule has 1 amide bonds. The molecule has 0 aliphatic rings. The monoisotopic (exact) mass is 409 g/mol. The minimum absolute atomic E-state index is 0.0852. The number of H-pyrrole nitrogens is 1. The van der Waals surface area contributed by atoms with Gasteiger partial charge < -0.3 is 5.32 Å². The molecule has 1 aromatic heterocycles. The zero-order valence-corrected chi connectivity index (χ0v) is 15.1.